The number of carbonyl (C=O) groups is 1. The van der Waals surface area contributed by atoms with Crippen molar-refractivity contribution >= 4 is 16.9 Å². The van der Waals surface area contributed by atoms with Crippen molar-refractivity contribution in [3.8, 4) is 0 Å². The van der Waals surface area contributed by atoms with E-state index in [1.165, 1.54) is 0 Å². The Kier molecular flexibility index (Phi) is 3.08. The minimum absolute atomic E-state index is 0.153. The first-order chi connectivity index (χ1) is 9.24. The van der Waals surface area contributed by atoms with Crippen molar-refractivity contribution in [1.29, 1.82) is 0 Å². The van der Waals surface area contributed by atoms with Gasteiger partial charge in [0.25, 0.3) is 5.91 Å². The summed E-state index contributed by atoms with van der Waals surface area (Å²) >= 11 is 0. The fourth-order valence-corrected chi connectivity index (χ4v) is 2.04. The molecule has 0 radical (unpaired) electrons. The lowest BCUT2D eigenvalue weighted by Gasteiger charge is -2.25. The largest absolute Gasteiger partial charge is 0.378 e. The normalized spacial score (nSPS) is 15.7. The molecule has 0 bridgehead atoms. The SMILES string of the molecule is Cc1ccc2nnc(C(=O)N3CCOCC3)nc2c1. The second-order valence-electron chi connectivity index (χ2n) is 4.53. The molecule has 1 saturated heterocycles. The Hall–Kier alpha value is -2.08. The molecule has 2 aromatic rings. The number of aryl methyl sites for hydroxylation is 1. The highest BCUT2D eigenvalue weighted by Gasteiger charge is 2.21. The van der Waals surface area contributed by atoms with Crippen LogP contribution in [0.1, 0.15) is 16.2 Å². The lowest BCUT2D eigenvalue weighted by atomic mass is 10.2. The summed E-state index contributed by atoms with van der Waals surface area (Å²) in [5.74, 6) is -0.0285. The van der Waals surface area contributed by atoms with Crippen molar-refractivity contribution in [2.24, 2.45) is 0 Å². The van der Waals surface area contributed by atoms with Crippen molar-refractivity contribution in [2.45, 2.75) is 6.92 Å². The van der Waals surface area contributed by atoms with Gasteiger partial charge in [-0.1, -0.05) is 6.07 Å². The van der Waals surface area contributed by atoms with Crippen LogP contribution >= 0.6 is 0 Å². The average Bonchev–Trinajstić information content (AvgIpc) is 2.46. The van der Waals surface area contributed by atoms with Gasteiger partial charge in [-0.2, -0.15) is 0 Å². The molecule has 6 nitrogen and oxygen atoms in total. The third-order valence-corrected chi connectivity index (χ3v) is 3.10. The van der Waals surface area contributed by atoms with E-state index in [2.05, 4.69) is 15.2 Å². The smallest absolute Gasteiger partial charge is 0.293 e. The van der Waals surface area contributed by atoms with Gasteiger partial charge >= 0.3 is 0 Å². The molecule has 2 heterocycles. The van der Waals surface area contributed by atoms with E-state index in [4.69, 9.17) is 4.74 Å². The van der Waals surface area contributed by atoms with Crippen LogP contribution in [0.25, 0.3) is 11.0 Å². The van der Waals surface area contributed by atoms with E-state index in [1.54, 1.807) is 4.90 Å². The Labute approximate surface area is 110 Å². The van der Waals surface area contributed by atoms with Crippen LogP contribution in [0.3, 0.4) is 0 Å². The molecule has 1 fully saturated rings. The highest BCUT2D eigenvalue weighted by molar-refractivity contribution is 5.92. The maximum absolute atomic E-state index is 12.2. The van der Waals surface area contributed by atoms with E-state index >= 15 is 0 Å². The number of hydrogen-bond acceptors (Lipinski definition) is 5. The predicted molar refractivity (Wildman–Crippen MR) is 68.8 cm³/mol. The van der Waals surface area contributed by atoms with Crippen LogP contribution in [0.15, 0.2) is 18.2 Å². The van der Waals surface area contributed by atoms with Crippen molar-refractivity contribution < 1.29 is 9.53 Å². The average molecular weight is 258 g/mol. The lowest BCUT2D eigenvalue weighted by Crippen LogP contribution is -2.41. The van der Waals surface area contributed by atoms with Crippen molar-refractivity contribution in [2.75, 3.05) is 26.3 Å². The molecule has 3 rings (SSSR count). The third-order valence-electron chi connectivity index (χ3n) is 3.10. The molecule has 0 unspecified atom stereocenters. The number of rotatable bonds is 1. The minimum atomic E-state index is -0.181. The molecule has 0 spiro atoms. The maximum atomic E-state index is 12.2. The zero-order chi connectivity index (χ0) is 13.2. The summed E-state index contributed by atoms with van der Waals surface area (Å²) in [6.07, 6.45) is 0. The lowest BCUT2D eigenvalue weighted by molar-refractivity contribution is 0.0294. The molecule has 1 aromatic carbocycles. The second kappa shape index (κ2) is 4.89. The monoisotopic (exact) mass is 258 g/mol. The summed E-state index contributed by atoms with van der Waals surface area (Å²) in [4.78, 5) is 18.2. The Balaban J connectivity index is 1.93. The number of morpholine rings is 1. The summed E-state index contributed by atoms with van der Waals surface area (Å²) in [6.45, 7) is 4.25. The fraction of sp³-hybridized carbons (Fsp3) is 0.385. The molecule has 1 aromatic heterocycles. The van der Waals surface area contributed by atoms with Gasteiger partial charge in [-0.05, 0) is 24.6 Å². The fourth-order valence-electron chi connectivity index (χ4n) is 2.04. The van der Waals surface area contributed by atoms with Gasteiger partial charge in [-0.15, -0.1) is 10.2 Å². The molecule has 0 aliphatic carbocycles. The van der Waals surface area contributed by atoms with Crippen LogP contribution in [0.2, 0.25) is 0 Å². The Morgan fingerprint density at radius 2 is 2.00 bits per heavy atom. The van der Waals surface area contributed by atoms with Crippen LogP contribution in [0.4, 0.5) is 0 Å². The standard InChI is InChI=1S/C13H14N4O2/c1-9-2-3-10-11(8-9)14-12(16-15-10)13(18)17-4-6-19-7-5-17/h2-3,8H,4-7H2,1H3. The predicted octanol–water partition coefficient (Wildman–Crippen LogP) is 0.806. The van der Waals surface area contributed by atoms with E-state index in [0.717, 1.165) is 5.56 Å². The Bertz CT molecular complexity index is 623. The van der Waals surface area contributed by atoms with Gasteiger partial charge in [0.15, 0.2) is 0 Å². The molecule has 0 N–H and O–H groups in total. The van der Waals surface area contributed by atoms with Gasteiger partial charge in [-0.25, -0.2) is 4.98 Å². The molecule has 1 aliphatic heterocycles. The van der Waals surface area contributed by atoms with Gasteiger partial charge < -0.3 is 9.64 Å². The van der Waals surface area contributed by atoms with Crippen molar-refractivity contribution in [3.05, 3.63) is 29.6 Å². The zero-order valence-corrected chi connectivity index (χ0v) is 10.7. The molecule has 0 atom stereocenters. The molecule has 0 saturated carbocycles. The minimum Gasteiger partial charge on any atom is -0.378 e. The van der Waals surface area contributed by atoms with Crippen molar-refractivity contribution in [1.82, 2.24) is 20.1 Å². The maximum Gasteiger partial charge on any atom is 0.293 e. The van der Waals surface area contributed by atoms with Crippen LogP contribution in [-0.2, 0) is 4.74 Å². The van der Waals surface area contributed by atoms with E-state index in [0.29, 0.717) is 37.3 Å². The summed E-state index contributed by atoms with van der Waals surface area (Å²) < 4.78 is 5.22. The summed E-state index contributed by atoms with van der Waals surface area (Å²) in [5.41, 5.74) is 2.48. The number of hydrogen-bond donors (Lipinski definition) is 0. The quantitative estimate of drug-likeness (QED) is 0.757. The summed E-state index contributed by atoms with van der Waals surface area (Å²) in [5, 5.41) is 7.97. The highest BCUT2D eigenvalue weighted by atomic mass is 16.5. The molecule has 1 aliphatic rings. The summed E-state index contributed by atoms with van der Waals surface area (Å²) in [6, 6.07) is 5.70. The van der Waals surface area contributed by atoms with Crippen LogP contribution in [-0.4, -0.2) is 52.3 Å². The van der Waals surface area contributed by atoms with Gasteiger partial charge in [0, 0.05) is 13.1 Å². The van der Waals surface area contributed by atoms with Gasteiger partial charge in [0.1, 0.15) is 5.52 Å². The van der Waals surface area contributed by atoms with Gasteiger partial charge in [0.05, 0.1) is 18.7 Å². The number of ether oxygens (including phenoxy) is 1. The highest BCUT2D eigenvalue weighted by Crippen LogP contribution is 2.11. The number of aromatic nitrogens is 3. The van der Waals surface area contributed by atoms with Crippen LogP contribution in [0, 0.1) is 6.92 Å². The molecule has 1 amide bonds. The van der Waals surface area contributed by atoms with Crippen molar-refractivity contribution in [3.63, 3.8) is 0 Å². The second-order valence-corrected chi connectivity index (χ2v) is 4.53. The van der Waals surface area contributed by atoms with E-state index in [-0.39, 0.29) is 11.7 Å². The molecule has 98 valence electrons. The first-order valence-corrected chi connectivity index (χ1v) is 6.22. The molecule has 19 heavy (non-hydrogen) atoms. The number of benzene rings is 1. The summed E-state index contributed by atoms with van der Waals surface area (Å²) in [7, 11) is 0. The zero-order valence-electron chi connectivity index (χ0n) is 10.7. The van der Waals surface area contributed by atoms with Gasteiger partial charge in [-0.3, -0.25) is 4.79 Å². The number of fused-ring (bicyclic) bond motifs is 1. The Morgan fingerprint density at radius 3 is 2.79 bits per heavy atom. The van der Waals surface area contributed by atoms with Crippen LogP contribution < -0.4 is 0 Å². The number of amides is 1. The topological polar surface area (TPSA) is 68.2 Å². The first-order valence-electron chi connectivity index (χ1n) is 6.22. The van der Waals surface area contributed by atoms with Crippen LogP contribution in [0.5, 0.6) is 0 Å². The first kappa shape index (κ1) is 12.0. The van der Waals surface area contributed by atoms with E-state index in [9.17, 15) is 4.79 Å². The molecular formula is C13H14N4O2. The molecule has 6 heteroatoms. The number of nitrogens with zero attached hydrogens (tertiary/aromatic N) is 4. The van der Waals surface area contributed by atoms with E-state index in [1.807, 2.05) is 25.1 Å². The van der Waals surface area contributed by atoms with Gasteiger partial charge in [0.2, 0.25) is 5.82 Å². The van der Waals surface area contributed by atoms with E-state index < -0.39 is 0 Å². The Morgan fingerprint density at radius 1 is 1.21 bits per heavy atom. The number of carbonyl (C=O) groups excluding carboxylic acids is 1. The third kappa shape index (κ3) is 2.39. The molecular weight excluding hydrogens is 244 g/mol.